The Morgan fingerprint density at radius 3 is 2.62 bits per heavy atom. The number of aliphatic hydroxyl groups is 2. The Bertz CT molecular complexity index is 1660. The first-order valence-electron chi connectivity index (χ1n) is 16.6. The van der Waals surface area contributed by atoms with Gasteiger partial charge in [-0.3, -0.25) is 4.57 Å². The molecule has 0 bridgehead atoms. The van der Waals surface area contributed by atoms with Crippen molar-refractivity contribution in [2.45, 2.75) is 102 Å². The molecule has 3 aromatic heterocycles. The average Bonchev–Trinajstić information content (AvgIpc) is 3.94. The number of aryl methyl sites for hydroxylation is 1. The molecule has 22 heteroatoms. The maximum Gasteiger partial charge on any atom is 0.493 e. The Morgan fingerprint density at radius 2 is 1.96 bits per heavy atom. The van der Waals surface area contributed by atoms with Gasteiger partial charge in [0.25, 0.3) is 0 Å². The number of amides is 2. The number of halogens is 3. The van der Waals surface area contributed by atoms with Crippen LogP contribution in [-0.2, 0) is 20.9 Å². The van der Waals surface area contributed by atoms with Crippen molar-refractivity contribution in [1.82, 2.24) is 55.4 Å². The molecule has 0 spiro atoms. The summed E-state index contributed by atoms with van der Waals surface area (Å²) in [7, 11) is 0. The number of hydrogen-bond acceptors (Lipinski definition) is 15. The summed E-state index contributed by atoms with van der Waals surface area (Å²) < 4.78 is 47.2. The second-order valence-electron chi connectivity index (χ2n) is 12.3. The lowest BCUT2D eigenvalue weighted by Gasteiger charge is -2.28. The number of carbonyl (C=O) groups is 2. The minimum absolute atomic E-state index is 0.00440. The van der Waals surface area contributed by atoms with Gasteiger partial charge in [0.2, 0.25) is 11.8 Å². The number of nitrogens with zero attached hydrogens (tertiary/aromatic N) is 10. The minimum Gasteiger partial charge on any atom is -0.387 e. The van der Waals surface area contributed by atoms with Crippen LogP contribution in [0.15, 0.2) is 6.33 Å². The summed E-state index contributed by atoms with van der Waals surface area (Å²) in [6.07, 6.45) is -6.87. The van der Waals surface area contributed by atoms with E-state index in [0.29, 0.717) is 42.5 Å². The van der Waals surface area contributed by atoms with Gasteiger partial charge in [-0.1, -0.05) is 13.8 Å². The van der Waals surface area contributed by atoms with E-state index in [1.165, 1.54) is 15.7 Å². The van der Waals surface area contributed by atoms with Gasteiger partial charge in [0.05, 0.1) is 18.9 Å². The van der Waals surface area contributed by atoms with E-state index < -0.39 is 48.8 Å². The number of tetrazole rings is 1. The molecule has 0 saturated carbocycles. The minimum atomic E-state index is -5.32. The van der Waals surface area contributed by atoms with Gasteiger partial charge in [0, 0.05) is 31.7 Å². The zero-order valence-electron chi connectivity index (χ0n) is 27.6. The van der Waals surface area contributed by atoms with Crippen molar-refractivity contribution >= 4 is 34.9 Å². The van der Waals surface area contributed by atoms with Crippen molar-refractivity contribution in [3.05, 3.63) is 12.2 Å². The number of alkyl halides is 3. The van der Waals surface area contributed by atoms with Crippen LogP contribution in [0.2, 0.25) is 0 Å². The van der Waals surface area contributed by atoms with Crippen LogP contribution in [0.1, 0.15) is 64.6 Å². The van der Waals surface area contributed by atoms with Gasteiger partial charge in [-0.05, 0) is 44.4 Å². The molecule has 2 amide bonds. The molecule has 3 saturated heterocycles. The van der Waals surface area contributed by atoms with Crippen LogP contribution in [0.25, 0.3) is 11.2 Å². The van der Waals surface area contributed by atoms with Crippen LogP contribution >= 0.6 is 0 Å². The molecule has 3 fully saturated rings. The first-order chi connectivity index (χ1) is 23.9. The molecule has 1 unspecified atom stereocenters. The van der Waals surface area contributed by atoms with Gasteiger partial charge in [-0.15, -0.1) is 15.3 Å². The molecule has 274 valence electrons. The van der Waals surface area contributed by atoms with E-state index in [9.17, 15) is 33.0 Å². The normalized spacial score (nSPS) is 25.5. The van der Waals surface area contributed by atoms with E-state index in [1.807, 2.05) is 20.8 Å². The summed E-state index contributed by atoms with van der Waals surface area (Å²) in [5, 5.41) is 43.6. The van der Waals surface area contributed by atoms with Gasteiger partial charge in [0.15, 0.2) is 29.3 Å². The summed E-state index contributed by atoms with van der Waals surface area (Å²) in [6.45, 7) is 7.40. The highest BCUT2D eigenvalue weighted by atomic mass is 19.4. The predicted octanol–water partition coefficient (Wildman–Crippen LogP) is 0.398. The molecule has 3 aliphatic heterocycles. The Morgan fingerprint density at radius 1 is 1.18 bits per heavy atom. The van der Waals surface area contributed by atoms with E-state index >= 15 is 0 Å². The molecular weight excluding hydrogens is 671 g/mol. The summed E-state index contributed by atoms with van der Waals surface area (Å²) in [5.74, 6) is -1.94. The van der Waals surface area contributed by atoms with E-state index in [1.54, 1.807) is 4.90 Å². The number of aromatic nitrogens is 8. The molecule has 5 N–H and O–H groups in total. The summed E-state index contributed by atoms with van der Waals surface area (Å²) in [6, 6.07) is -2.30. The van der Waals surface area contributed by atoms with E-state index in [4.69, 9.17) is 14.7 Å². The van der Waals surface area contributed by atoms with Gasteiger partial charge in [-0.2, -0.15) is 27.9 Å². The predicted molar refractivity (Wildman–Crippen MR) is 166 cm³/mol. The van der Waals surface area contributed by atoms with E-state index in [-0.39, 0.29) is 49.0 Å². The van der Waals surface area contributed by atoms with Gasteiger partial charge in [0.1, 0.15) is 12.2 Å². The van der Waals surface area contributed by atoms with Crippen LogP contribution in [0, 0.1) is 0 Å². The number of ether oxygens (including phenoxy) is 1. The number of carbonyl (C=O) groups excluding carboxylic acids is 2. The van der Waals surface area contributed by atoms with Crippen molar-refractivity contribution in [3.8, 4) is 0 Å². The monoisotopic (exact) mass is 711 g/mol. The van der Waals surface area contributed by atoms with Crippen molar-refractivity contribution < 1.29 is 42.5 Å². The summed E-state index contributed by atoms with van der Waals surface area (Å²) in [4.78, 5) is 46.6. The summed E-state index contributed by atoms with van der Waals surface area (Å²) in [5.41, 5.74) is 0.561. The lowest BCUT2D eigenvalue weighted by molar-refractivity contribution is -0.232. The molecule has 6 heterocycles. The van der Waals surface area contributed by atoms with Crippen LogP contribution in [-0.4, -0.2) is 130 Å². The third kappa shape index (κ3) is 7.09. The second-order valence-corrected chi connectivity index (χ2v) is 12.3. The molecule has 19 nitrogen and oxygen atoms in total. The lowest BCUT2D eigenvalue weighted by atomic mass is 10.1. The number of rotatable bonds is 10. The fourth-order valence-electron chi connectivity index (χ4n) is 6.18. The van der Waals surface area contributed by atoms with Crippen LogP contribution in [0.3, 0.4) is 0 Å². The van der Waals surface area contributed by atoms with Crippen LogP contribution < -0.4 is 20.9 Å². The Labute approximate surface area is 283 Å². The highest BCUT2D eigenvalue weighted by Crippen LogP contribution is 2.39. The molecule has 50 heavy (non-hydrogen) atoms. The third-order valence-corrected chi connectivity index (χ3v) is 9.03. The van der Waals surface area contributed by atoms with Crippen molar-refractivity contribution in [3.63, 3.8) is 0 Å². The van der Waals surface area contributed by atoms with Gasteiger partial charge >= 0.3 is 18.2 Å². The van der Waals surface area contributed by atoms with E-state index in [2.05, 4.69) is 41.2 Å². The first-order valence-corrected chi connectivity index (χ1v) is 16.6. The van der Waals surface area contributed by atoms with Crippen LogP contribution in [0.5, 0.6) is 0 Å². The number of fused-ring (bicyclic) bond motifs is 1. The first kappa shape index (κ1) is 35.4. The molecular formula is C28H40F3N13O6. The Hall–Kier alpha value is -4.41. The quantitative estimate of drug-likeness (QED) is 0.180. The molecule has 3 aromatic rings. The fourth-order valence-corrected chi connectivity index (χ4v) is 6.18. The lowest BCUT2D eigenvalue weighted by Crippen LogP contribution is -2.52. The second kappa shape index (κ2) is 14.4. The molecule has 0 aromatic carbocycles. The smallest absolute Gasteiger partial charge is 0.387 e. The van der Waals surface area contributed by atoms with Crippen molar-refractivity contribution in [1.29, 1.82) is 0 Å². The number of hydrogen-bond donors (Lipinski definition) is 5. The molecule has 6 atom stereocenters. The number of hydroxylamine groups is 2. The number of nitrogens with one attached hydrogen (secondary N) is 3. The van der Waals surface area contributed by atoms with Crippen molar-refractivity contribution in [2.24, 2.45) is 0 Å². The highest BCUT2D eigenvalue weighted by Gasteiger charge is 2.48. The van der Waals surface area contributed by atoms with Crippen LogP contribution in [0.4, 0.5) is 29.7 Å². The average molecular weight is 712 g/mol. The zero-order chi connectivity index (χ0) is 35.7. The number of imidazole rings is 1. The topological polar surface area (TPSA) is 223 Å². The molecule has 0 radical (unpaired) electrons. The van der Waals surface area contributed by atoms with Gasteiger partial charge < -0.3 is 40.6 Å². The Balaban J connectivity index is 1.31. The molecule has 0 aliphatic carbocycles. The number of urea groups is 1. The highest BCUT2D eigenvalue weighted by molar-refractivity contribution is 5.85. The van der Waals surface area contributed by atoms with E-state index in [0.717, 1.165) is 12.8 Å². The number of aliphatic hydroxyl groups excluding tert-OH is 2. The zero-order valence-corrected chi connectivity index (χ0v) is 27.6. The standard InChI is InChI=1S/C28H40F3N13O6/c1-4-14(5-2)34-21-17-23(42(13-33-17)24-19(46)18(45)20(49-24)22-38-40-43(6-3)39-22)37-26(36-21)41-10-8-16(12-41)44(50-25(47)28(29,30)31)27(48)35-15-7-9-32-11-15/h13-16,18-20,24,32,45-46H,4-12H2,1-3H3,(H,35,48)(H,34,36,37)/t15?,16-,18+,19+,20+,24-/m1/s1. The number of anilines is 2. The van der Waals surface area contributed by atoms with Gasteiger partial charge in [-0.25, -0.2) is 14.6 Å². The van der Waals surface area contributed by atoms with Crippen molar-refractivity contribution in [2.75, 3.05) is 36.4 Å². The maximum absolute atomic E-state index is 13.2. The largest absolute Gasteiger partial charge is 0.493 e. The summed E-state index contributed by atoms with van der Waals surface area (Å²) >= 11 is 0. The molecule has 6 rings (SSSR count). The third-order valence-electron chi connectivity index (χ3n) is 9.03. The Kier molecular flexibility index (Phi) is 10.2. The molecule has 3 aliphatic rings. The fraction of sp³-hybridized carbons (Fsp3) is 0.714. The SMILES string of the molecule is CCC(CC)Nc1nc(N2CC[C@@H](N(OC(=O)C(F)(F)F)C(=O)NC3CCNC3)C2)nc2c1ncn2[C@@H]1O[C@H](c2nnn(CC)n2)[C@@H](O)[C@@H]1O. The maximum atomic E-state index is 13.2.